The zero-order valence-corrected chi connectivity index (χ0v) is 20.8. The van der Waals surface area contributed by atoms with Crippen molar-refractivity contribution in [3.05, 3.63) is 65.6 Å². The lowest BCUT2D eigenvalue weighted by Gasteiger charge is -2.12. The maximum atomic E-state index is 13.4. The van der Waals surface area contributed by atoms with Gasteiger partial charge in [0.25, 0.3) is 6.43 Å². The van der Waals surface area contributed by atoms with E-state index in [9.17, 15) is 27.5 Å². The van der Waals surface area contributed by atoms with Gasteiger partial charge in [0, 0.05) is 40.0 Å². The van der Waals surface area contributed by atoms with Gasteiger partial charge in [0.1, 0.15) is 23.8 Å². The fourth-order valence-electron chi connectivity index (χ4n) is 4.50. The molecule has 39 heavy (non-hydrogen) atoms. The van der Waals surface area contributed by atoms with Crippen molar-refractivity contribution in [2.75, 3.05) is 6.61 Å². The first-order valence-electron chi connectivity index (χ1n) is 11.6. The number of fused-ring (bicyclic) bond motifs is 1. The van der Waals surface area contributed by atoms with Gasteiger partial charge in [-0.05, 0) is 45.0 Å². The second-order valence-electron chi connectivity index (χ2n) is 8.78. The van der Waals surface area contributed by atoms with Crippen LogP contribution in [0.25, 0.3) is 39.0 Å². The standard InChI is InChI=1S/C26H21F4N5O4/c1-12-20(10-35(32-12)26(29)30)34-9-19(17-5-4-15(25(36)37)7-21(17)38-11-22(27)28)18-6-16(8-31-24(18)34)23-13(2)33-39-14(23)3/h4-10,22,26H,11H2,1-3H3,(H,36,37). The van der Waals surface area contributed by atoms with Gasteiger partial charge in [-0.2, -0.15) is 13.9 Å². The predicted molar refractivity (Wildman–Crippen MR) is 132 cm³/mol. The van der Waals surface area contributed by atoms with Gasteiger partial charge in [-0.15, -0.1) is 0 Å². The van der Waals surface area contributed by atoms with Crippen LogP contribution >= 0.6 is 0 Å². The number of rotatable bonds is 8. The number of halogens is 4. The molecule has 0 saturated carbocycles. The van der Waals surface area contributed by atoms with Gasteiger partial charge in [0.15, 0.2) is 0 Å². The summed E-state index contributed by atoms with van der Waals surface area (Å²) < 4.78 is 65.6. The van der Waals surface area contributed by atoms with Crippen LogP contribution in [0, 0.1) is 20.8 Å². The normalized spacial score (nSPS) is 11.7. The number of alkyl halides is 4. The number of aromatic carboxylic acids is 1. The molecule has 0 atom stereocenters. The Morgan fingerprint density at radius 3 is 2.46 bits per heavy atom. The lowest BCUT2D eigenvalue weighted by Crippen LogP contribution is -2.08. The summed E-state index contributed by atoms with van der Waals surface area (Å²) in [4.78, 5) is 16.2. The van der Waals surface area contributed by atoms with E-state index in [2.05, 4.69) is 15.2 Å². The van der Waals surface area contributed by atoms with Crippen LogP contribution in [0.5, 0.6) is 5.75 Å². The van der Waals surface area contributed by atoms with E-state index in [0.717, 1.165) is 6.07 Å². The predicted octanol–water partition coefficient (Wildman–Crippen LogP) is 6.21. The van der Waals surface area contributed by atoms with Crippen LogP contribution in [-0.4, -0.2) is 48.6 Å². The minimum absolute atomic E-state index is 0.0861. The zero-order valence-electron chi connectivity index (χ0n) is 20.8. The molecule has 5 rings (SSSR count). The van der Waals surface area contributed by atoms with Crippen LogP contribution in [0.4, 0.5) is 17.6 Å². The first kappa shape index (κ1) is 25.9. The molecule has 4 aromatic heterocycles. The van der Waals surface area contributed by atoms with Crippen molar-refractivity contribution in [2.24, 2.45) is 0 Å². The summed E-state index contributed by atoms with van der Waals surface area (Å²) in [6.07, 6.45) is 1.56. The van der Waals surface area contributed by atoms with Gasteiger partial charge >= 0.3 is 12.5 Å². The van der Waals surface area contributed by atoms with Crippen molar-refractivity contribution in [3.63, 3.8) is 0 Å². The summed E-state index contributed by atoms with van der Waals surface area (Å²) >= 11 is 0. The van der Waals surface area contributed by atoms with Gasteiger partial charge < -0.3 is 14.4 Å². The third kappa shape index (κ3) is 4.71. The molecule has 13 heteroatoms. The van der Waals surface area contributed by atoms with Crippen LogP contribution in [0.2, 0.25) is 0 Å². The van der Waals surface area contributed by atoms with Gasteiger partial charge in [0.2, 0.25) is 0 Å². The molecule has 0 aliphatic heterocycles. The summed E-state index contributed by atoms with van der Waals surface area (Å²) in [5.41, 5.74) is 3.55. The van der Waals surface area contributed by atoms with Gasteiger partial charge in [-0.25, -0.2) is 23.2 Å². The molecule has 0 radical (unpaired) electrons. The van der Waals surface area contributed by atoms with Crippen LogP contribution < -0.4 is 4.74 Å². The Morgan fingerprint density at radius 2 is 1.85 bits per heavy atom. The molecular weight excluding hydrogens is 522 g/mol. The second kappa shape index (κ2) is 9.89. The lowest BCUT2D eigenvalue weighted by atomic mass is 10.00. The monoisotopic (exact) mass is 543 g/mol. The zero-order chi connectivity index (χ0) is 28.0. The van der Waals surface area contributed by atoms with Crippen molar-refractivity contribution in [2.45, 2.75) is 33.7 Å². The summed E-state index contributed by atoms with van der Waals surface area (Å²) in [5, 5.41) is 17.8. The van der Waals surface area contributed by atoms with Crippen molar-refractivity contribution in [1.82, 2.24) is 24.5 Å². The number of nitrogens with zero attached hydrogens (tertiary/aromatic N) is 5. The van der Waals surface area contributed by atoms with Crippen molar-refractivity contribution in [1.29, 1.82) is 0 Å². The molecule has 9 nitrogen and oxygen atoms in total. The maximum absolute atomic E-state index is 13.4. The number of carbonyl (C=O) groups is 1. The minimum Gasteiger partial charge on any atom is -0.487 e. The molecule has 0 unspecified atom stereocenters. The van der Waals surface area contributed by atoms with E-state index in [-0.39, 0.29) is 11.3 Å². The number of aryl methyl sites for hydroxylation is 3. The van der Waals surface area contributed by atoms with E-state index in [0.29, 0.717) is 60.8 Å². The first-order chi connectivity index (χ1) is 18.5. The number of pyridine rings is 1. The highest BCUT2D eigenvalue weighted by molar-refractivity contribution is 6.00. The molecule has 1 N–H and O–H groups in total. The van der Waals surface area contributed by atoms with E-state index in [1.54, 1.807) is 43.8 Å². The molecule has 202 valence electrons. The molecule has 1 aromatic carbocycles. The van der Waals surface area contributed by atoms with Crippen molar-refractivity contribution < 1.29 is 36.7 Å². The number of ether oxygens (including phenoxy) is 1. The van der Waals surface area contributed by atoms with Gasteiger partial charge in [0.05, 0.1) is 28.8 Å². The van der Waals surface area contributed by atoms with Crippen LogP contribution in [0.1, 0.15) is 34.1 Å². The van der Waals surface area contributed by atoms with Crippen molar-refractivity contribution in [3.8, 4) is 33.7 Å². The molecule has 0 fully saturated rings. The molecule has 0 saturated heterocycles. The molecule has 0 spiro atoms. The highest BCUT2D eigenvalue weighted by atomic mass is 19.3. The number of hydrogen-bond donors (Lipinski definition) is 1. The van der Waals surface area contributed by atoms with Crippen LogP contribution in [0.3, 0.4) is 0 Å². The molecule has 0 amide bonds. The van der Waals surface area contributed by atoms with Gasteiger partial charge in [-0.1, -0.05) is 5.16 Å². The second-order valence-corrected chi connectivity index (χ2v) is 8.78. The Kier molecular flexibility index (Phi) is 6.58. The fraction of sp³-hybridized carbons (Fsp3) is 0.231. The average Bonchev–Trinajstić information content (AvgIpc) is 3.56. The van der Waals surface area contributed by atoms with E-state index in [1.807, 2.05) is 0 Å². The summed E-state index contributed by atoms with van der Waals surface area (Å²) in [5.74, 6) is -0.796. The maximum Gasteiger partial charge on any atom is 0.335 e. The van der Waals surface area contributed by atoms with Gasteiger partial charge in [-0.3, -0.25) is 4.57 Å². The summed E-state index contributed by atoms with van der Waals surface area (Å²) in [6.45, 7) is 1.25. The lowest BCUT2D eigenvalue weighted by molar-refractivity contribution is 0.0562. The van der Waals surface area contributed by atoms with Crippen molar-refractivity contribution >= 4 is 17.0 Å². The fourth-order valence-corrected chi connectivity index (χ4v) is 4.50. The molecular formula is C26H21F4N5O4. The topological polar surface area (TPSA) is 108 Å². The summed E-state index contributed by atoms with van der Waals surface area (Å²) in [6, 6.07) is 5.72. The van der Waals surface area contributed by atoms with E-state index in [1.165, 1.54) is 18.3 Å². The Morgan fingerprint density at radius 1 is 1.08 bits per heavy atom. The Balaban J connectivity index is 1.79. The number of hydrogen-bond acceptors (Lipinski definition) is 6. The number of carboxylic acids is 1. The van der Waals surface area contributed by atoms with E-state index in [4.69, 9.17) is 9.26 Å². The molecule has 0 aliphatic carbocycles. The van der Waals surface area contributed by atoms with Crippen LogP contribution in [0.15, 0.2) is 47.4 Å². The minimum atomic E-state index is -2.87. The molecule has 5 aromatic rings. The first-order valence-corrected chi connectivity index (χ1v) is 11.6. The average molecular weight is 543 g/mol. The number of benzene rings is 1. The Bertz CT molecular complexity index is 1690. The molecule has 0 bridgehead atoms. The third-order valence-electron chi connectivity index (χ3n) is 6.20. The smallest absolute Gasteiger partial charge is 0.335 e. The molecule has 0 aliphatic rings. The van der Waals surface area contributed by atoms with E-state index >= 15 is 0 Å². The number of carboxylic acid groups (broad SMARTS) is 1. The third-order valence-corrected chi connectivity index (χ3v) is 6.20. The largest absolute Gasteiger partial charge is 0.487 e. The Hall–Kier alpha value is -4.68. The SMILES string of the molecule is Cc1nn(C(F)F)cc1-n1cc(-c2ccc(C(=O)O)cc2OCC(F)F)c2cc(-c3c(C)noc3C)cnc21. The summed E-state index contributed by atoms with van der Waals surface area (Å²) in [7, 11) is 0. The quantitative estimate of drug-likeness (QED) is 0.232. The molecule has 4 heterocycles. The highest BCUT2D eigenvalue weighted by Crippen LogP contribution is 2.40. The van der Waals surface area contributed by atoms with Crippen LogP contribution in [-0.2, 0) is 0 Å². The van der Waals surface area contributed by atoms with E-state index < -0.39 is 25.6 Å². The highest BCUT2D eigenvalue weighted by Gasteiger charge is 2.23. The Labute approximate surface area is 218 Å². The number of aromatic nitrogens is 5.